The average Bonchev–Trinajstić information content (AvgIpc) is 3.31. The zero-order valence-corrected chi connectivity index (χ0v) is 20.0. The van der Waals surface area contributed by atoms with E-state index in [4.69, 9.17) is 23.2 Å². The number of benzene rings is 2. The molecule has 0 spiro atoms. The Labute approximate surface area is 199 Å². The van der Waals surface area contributed by atoms with Crippen LogP contribution < -0.4 is 5.32 Å². The van der Waals surface area contributed by atoms with Crippen LogP contribution in [-0.4, -0.2) is 60.9 Å². The molecule has 4 rings (SSSR count). The van der Waals surface area contributed by atoms with Gasteiger partial charge in [-0.3, -0.25) is 9.59 Å². The van der Waals surface area contributed by atoms with E-state index < -0.39 is 0 Å². The lowest BCUT2D eigenvalue weighted by molar-refractivity contribution is 0.0773. The van der Waals surface area contributed by atoms with Crippen LogP contribution >= 0.6 is 23.2 Å². The van der Waals surface area contributed by atoms with E-state index in [1.165, 1.54) is 0 Å². The summed E-state index contributed by atoms with van der Waals surface area (Å²) in [6.45, 7) is 9.08. The van der Waals surface area contributed by atoms with Crippen LogP contribution in [0.2, 0.25) is 10.0 Å². The second-order valence-electron chi connectivity index (χ2n) is 9.02. The maximum absolute atomic E-state index is 12.9. The number of halogens is 2. The topological polar surface area (TPSA) is 52.7 Å². The summed E-state index contributed by atoms with van der Waals surface area (Å²) in [5.74, 6) is 1.07. The smallest absolute Gasteiger partial charge is 0.254 e. The third kappa shape index (κ3) is 5.11. The number of nitrogens with zero attached hydrogens (tertiary/aromatic N) is 2. The SMILES string of the molecule is Cc1ccc(C(=O)NCCCN2CC3CN(C(=O)c4ccc(Cl)cc4C)CC3C2)cc1Cl. The first-order chi connectivity index (χ1) is 15.3. The number of amides is 2. The number of fused-ring (bicyclic) bond motifs is 1. The van der Waals surface area contributed by atoms with Crippen molar-refractivity contribution in [1.29, 1.82) is 0 Å². The monoisotopic (exact) mass is 473 g/mol. The van der Waals surface area contributed by atoms with E-state index in [2.05, 4.69) is 10.2 Å². The van der Waals surface area contributed by atoms with Gasteiger partial charge in [-0.15, -0.1) is 0 Å². The van der Waals surface area contributed by atoms with Crippen molar-refractivity contribution in [2.75, 3.05) is 39.3 Å². The summed E-state index contributed by atoms with van der Waals surface area (Å²) in [5.41, 5.74) is 3.23. The molecule has 2 aliphatic heterocycles. The fourth-order valence-corrected chi connectivity index (χ4v) is 5.22. The highest BCUT2D eigenvalue weighted by molar-refractivity contribution is 6.31. The second kappa shape index (κ2) is 9.82. The highest BCUT2D eigenvalue weighted by Crippen LogP contribution is 2.32. The average molecular weight is 474 g/mol. The predicted molar refractivity (Wildman–Crippen MR) is 129 cm³/mol. The van der Waals surface area contributed by atoms with Crippen LogP contribution in [0.1, 0.15) is 38.3 Å². The second-order valence-corrected chi connectivity index (χ2v) is 9.87. The summed E-state index contributed by atoms with van der Waals surface area (Å²) in [7, 11) is 0. The summed E-state index contributed by atoms with van der Waals surface area (Å²) in [6, 6.07) is 10.8. The molecule has 2 amide bonds. The molecule has 2 aromatic rings. The summed E-state index contributed by atoms with van der Waals surface area (Å²) < 4.78 is 0. The van der Waals surface area contributed by atoms with E-state index in [1.54, 1.807) is 18.2 Å². The van der Waals surface area contributed by atoms with E-state index in [0.29, 0.717) is 34.0 Å². The number of likely N-dealkylation sites (tertiary alicyclic amines) is 2. The minimum Gasteiger partial charge on any atom is -0.352 e. The minimum atomic E-state index is -0.0863. The Morgan fingerprint density at radius 3 is 2.34 bits per heavy atom. The van der Waals surface area contributed by atoms with Gasteiger partial charge in [0, 0.05) is 53.9 Å². The van der Waals surface area contributed by atoms with Gasteiger partial charge >= 0.3 is 0 Å². The number of carbonyl (C=O) groups is 2. The van der Waals surface area contributed by atoms with Gasteiger partial charge in [0.15, 0.2) is 0 Å². The van der Waals surface area contributed by atoms with E-state index in [-0.39, 0.29) is 11.8 Å². The highest BCUT2D eigenvalue weighted by atomic mass is 35.5. The van der Waals surface area contributed by atoms with Crippen LogP contribution in [0, 0.1) is 25.7 Å². The van der Waals surface area contributed by atoms with Crippen molar-refractivity contribution in [2.45, 2.75) is 20.3 Å². The van der Waals surface area contributed by atoms with Crippen molar-refractivity contribution in [1.82, 2.24) is 15.1 Å². The van der Waals surface area contributed by atoms with Gasteiger partial charge in [-0.2, -0.15) is 0 Å². The molecular formula is C25H29Cl2N3O2. The van der Waals surface area contributed by atoms with Crippen molar-refractivity contribution in [2.24, 2.45) is 11.8 Å². The number of hydrogen-bond acceptors (Lipinski definition) is 3. The van der Waals surface area contributed by atoms with Gasteiger partial charge in [-0.1, -0.05) is 29.3 Å². The van der Waals surface area contributed by atoms with Crippen molar-refractivity contribution in [3.8, 4) is 0 Å². The van der Waals surface area contributed by atoms with Gasteiger partial charge in [0.25, 0.3) is 11.8 Å². The fraction of sp³-hybridized carbons (Fsp3) is 0.440. The highest BCUT2D eigenvalue weighted by Gasteiger charge is 2.41. The maximum Gasteiger partial charge on any atom is 0.254 e. The molecule has 0 aromatic heterocycles. The molecule has 170 valence electrons. The third-order valence-corrected chi connectivity index (χ3v) is 7.28. The van der Waals surface area contributed by atoms with Gasteiger partial charge in [-0.05, 0) is 80.1 Å². The molecule has 0 radical (unpaired) electrons. The lowest BCUT2D eigenvalue weighted by Crippen LogP contribution is -2.34. The molecule has 2 saturated heterocycles. The maximum atomic E-state index is 12.9. The van der Waals surface area contributed by atoms with Gasteiger partial charge in [0.1, 0.15) is 0 Å². The Kier molecular flexibility index (Phi) is 7.08. The van der Waals surface area contributed by atoms with Crippen LogP contribution in [0.3, 0.4) is 0 Å². The fourth-order valence-electron chi connectivity index (χ4n) is 4.82. The molecule has 2 unspecified atom stereocenters. The van der Waals surface area contributed by atoms with E-state index in [1.807, 2.05) is 36.9 Å². The van der Waals surface area contributed by atoms with Crippen LogP contribution in [0.25, 0.3) is 0 Å². The largest absolute Gasteiger partial charge is 0.352 e. The lowest BCUT2D eigenvalue weighted by atomic mass is 10.0. The molecule has 2 heterocycles. The lowest BCUT2D eigenvalue weighted by Gasteiger charge is -2.22. The zero-order chi connectivity index (χ0) is 22.8. The minimum absolute atomic E-state index is 0.0863. The summed E-state index contributed by atoms with van der Waals surface area (Å²) in [5, 5.41) is 4.25. The van der Waals surface area contributed by atoms with Crippen molar-refractivity contribution in [3.05, 3.63) is 68.7 Å². The molecule has 7 heteroatoms. The zero-order valence-electron chi connectivity index (χ0n) is 18.5. The number of nitrogens with one attached hydrogen (secondary N) is 1. The van der Waals surface area contributed by atoms with Crippen LogP contribution in [0.4, 0.5) is 0 Å². The third-order valence-electron chi connectivity index (χ3n) is 6.64. The van der Waals surface area contributed by atoms with Gasteiger partial charge in [0.2, 0.25) is 0 Å². The van der Waals surface area contributed by atoms with Crippen LogP contribution in [0.15, 0.2) is 36.4 Å². The Morgan fingerprint density at radius 2 is 1.69 bits per heavy atom. The van der Waals surface area contributed by atoms with Gasteiger partial charge < -0.3 is 15.1 Å². The molecule has 32 heavy (non-hydrogen) atoms. The molecule has 2 fully saturated rings. The van der Waals surface area contributed by atoms with Gasteiger partial charge in [0.05, 0.1) is 0 Å². The molecule has 2 aliphatic rings. The first-order valence-corrected chi connectivity index (χ1v) is 11.9. The standard InChI is InChI=1S/C25H29Cl2N3O2/c1-16-4-5-18(11-23(16)27)24(31)28-8-3-9-29-12-19-14-30(15-20(19)13-29)25(32)22-7-6-21(26)10-17(22)2/h4-7,10-11,19-20H,3,8-9,12-15H2,1-2H3,(H,28,31). The van der Waals surface area contributed by atoms with Crippen molar-refractivity contribution >= 4 is 35.0 Å². The number of aryl methyl sites for hydroxylation is 2. The molecule has 5 nitrogen and oxygen atoms in total. The van der Waals surface area contributed by atoms with Crippen LogP contribution in [0.5, 0.6) is 0 Å². The predicted octanol–water partition coefficient (Wildman–Crippen LogP) is 4.43. The molecule has 1 N–H and O–H groups in total. The molecule has 0 saturated carbocycles. The summed E-state index contributed by atoms with van der Waals surface area (Å²) >= 11 is 12.1. The summed E-state index contributed by atoms with van der Waals surface area (Å²) in [6.07, 6.45) is 0.900. The van der Waals surface area contributed by atoms with Crippen molar-refractivity contribution < 1.29 is 9.59 Å². The van der Waals surface area contributed by atoms with E-state index in [0.717, 1.165) is 55.8 Å². The number of hydrogen-bond donors (Lipinski definition) is 1. The quantitative estimate of drug-likeness (QED) is 0.631. The molecule has 0 aliphatic carbocycles. The Morgan fingerprint density at radius 1 is 0.969 bits per heavy atom. The molecule has 2 aromatic carbocycles. The van der Waals surface area contributed by atoms with E-state index in [9.17, 15) is 9.59 Å². The van der Waals surface area contributed by atoms with Crippen LogP contribution in [-0.2, 0) is 0 Å². The molecular weight excluding hydrogens is 445 g/mol. The Bertz CT molecular complexity index is 1010. The summed E-state index contributed by atoms with van der Waals surface area (Å²) in [4.78, 5) is 29.7. The normalized spacial score (nSPS) is 20.4. The number of carbonyl (C=O) groups excluding carboxylic acids is 2. The van der Waals surface area contributed by atoms with Gasteiger partial charge in [-0.25, -0.2) is 0 Å². The number of rotatable bonds is 6. The molecule has 2 atom stereocenters. The first-order valence-electron chi connectivity index (χ1n) is 11.1. The first kappa shape index (κ1) is 23.1. The Hall–Kier alpha value is -2.08. The van der Waals surface area contributed by atoms with Crippen molar-refractivity contribution in [3.63, 3.8) is 0 Å². The Balaban J connectivity index is 1.20. The van der Waals surface area contributed by atoms with E-state index >= 15 is 0 Å². The molecule has 0 bridgehead atoms.